The average molecular weight is 784 g/mol. The van der Waals surface area contributed by atoms with Crippen LogP contribution < -0.4 is 26.2 Å². The molecular formula is C45H53N9O4. The number of nitrogens with zero attached hydrogens (tertiary/aromatic N) is 6. The van der Waals surface area contributed by atoms with E-state index in [4.69, 9.17) is 5.73 Å². The van der Waals surface area contributed by atoms with Gasteiger partial charge in [0.05, 0.1) is 11.4 Å². The van der Waals surface area contributed by atoms with Gasteiger partial charge in [0.2, 0.25) is 17.7 Å². The fourth-order valence-corrected chi connectivity index (χ4v) is 9.97. The first kappa shape index (κ1) is 37.9. The lowest BCUT2D eigenvalue weighted by atomic mass is 9.88. The van der Waals surface area contributed by atoms with Crippen molar-refractivity contribution in [1.29, 1.82) is 0 Å². The van der Waals surface area contributed by atoms with Crippen LogP contribution in [0.25, 0.3) is 11.3 Å². The van der Waals surface area contributed by atoms with Crippen LogP contribution in [-0.2, 0) is 20.9 Å². The first-order valence-electron chi connectivity index (χ1n) is 21.0. The minimum Gasteiger partial charge on any atom is -0.507 e. The Bertz CT molecular complexity index is 2130. The summed E-state index contributed by atoms with van der Waals surface area (Å²) in [5.41, 5.74) is 13.2. The van der Waals surface area contributed by atoms with E-state index in [1.54, 1.807) is 12.1 Å². The molecule has 0 saturated carbocycles. The molecule has 5 aliphatic rings. The van der Waals surface area contributed by atoms with Gasteiger partial charge in [0.15, 0.2) is 5.82 Å². The van der Waals surface area contributed by atoms with Crippen molar-refractivity contribution in [2.45, 2.75) is 82.0 Å². The normalized spacial score (nSPS) is 23.2. The highest BCUT2D eigenvalue weighted by Crippen LogP contribution is 2.39. The highest BCUT2D eigenvalue weighted by Gasteiger charge is 2.41. The van der Waals surface area contributed by atoms with Gasteiger partial charge in [-0.05, 0) is 118 Å². The summed E-state index contributed by atoms with van der Waals surface area (Å²) in [4.78, 5) is 46.8. The third-order valence-corrected chi connectivity index (χ3v) is 13.1. The zero-order valence-corrected chi connectivity index (χ0v) is 32.9. The first-order chi connectivity index (χ1) is 28.3. The lowest BCUT2D eigenvalue weighted by Gasteiger charge is -2.43. The van der Waals surface area contributed by atoms with Crippen LogP contribution in [0.5, 0.6) is 5.75 Å². The second-order valence-electron chi connectivity index (χ2n) is 16.8. The third kappa shape index (κ3) is 7.92. The van der Waals surface area contributed by atoms with Gasteiger partial charge in [-0.15, -0.1) is 10.2 Å². The number of piperidine rings is 3. The number of fused-ring (bicyclic) bond motifs is 2. The smallest absolute Gasteiger partial charge is 0.249 e. The predicted octanol–water partition coefficient (Wildman–Crippen LogP) is 5.12. The second kappa shape index (κ2) is 16.3. The molecule has 0 radical (unpaired) electrons. The summed E-state index contributed by atoms with van der Waals surface area (Å²) in [6.07, 6.45) is 6.78. The number of phenols is 1. The van der Waals surface area contributed by atoms with Crippen molar-refractivity contribution in [2.75, 3.05) is 60.1 Å². The maximum absolute atomic E-state index is 13.7. The topological polar surface area (TPSA) is 160 Å². The average Bonchev–Trinajstić information content (AvgIpc) is 3.51. The number of carbonyl (C=O) groups excluding carboxylic acids is 3. The lowest BCUT2D eigenvalue weighted by molar-refractivity contribution is -0.138. The number of aromatic hydroxyl groups is 1. The van der Waals surface area contributed by atoms with Crippen LogP contribution >= 0.6 is 0 Å². The molecule has 4 aromatic rings. The number of nitrogens with one attached hydrogen (secondary N) is 2. The van der Waals surface area contributed by atoms with E-state index >= 15 is 0 Å². The van der Waals surface area contributed by atoms with Crippen molar-refractivity contribution in [3.8, 4) is 17.0 Å². The van der Waals surface area contributed by atoms with E-state index in [0.717, 1.165) is 95.7 Å². The summed E-state index contributed by atoms with van der Waals surface area (Å²) in [6.45, 7) is 5.98. The SMILES string of the molecule is Nc1nnc(-c2ccccc2O)cc1N1CC2CCC(C1)N2c1cccc(CN2CCC(C(=O)N3CCC(c4ccc(NC5CCC(=O)NC5=O)cc4)CC3)CC2)c1. The number of imide groups is 1. The summed E-state index contributed by atoms with van der Waals surface area (Å²) in [7, 11) is 0. The van der Waals surface area contributed by atoms with E-state index in [-0.39, 0.29) is 23.5 Å². The molecule has 3 unspecified atom stereocenters. The number of phenolic OH excluding ortho intramolecular Hbond substituents is 1. The Morgan fingerprint density at radius 2 is 1.57 bits per heavy atom. The van der Waals surface area contributed by atoms with Gasteiger partial charge in [-0.3, -0.25) is 24.6 Å². The molecule has 5 saturated heterocycles. The maximum Gasteiger partial charge on any atom is 0.249 e. The number of likely N-dealkylation sites (tertiary alicyclic amines) is 2. The number of benzene rings is 3. The number of piperazine rings is 1. The maximum atomic E-state index is 13.7. The molecule has 9 rings (SSSR count). The molecule has 5 N–H and O–H groups in total. The molecule has 1 aromatic heterocycles. The Morgan fingerprint density at radius 3 is 2.29 bits per heavy atom. The highest BCUT2D eigenvalue weighted by atomic mass is 16.3. The monoisotopic (exact) mass is 783 g/mol. The van der Waals surface area contributed by atoms with Crippen molar-refractivity contribution in [1.82, 2.24) is 25.3 Å². The molecule has 13 nitrogen and oxygen atoms in total. The molecule has 302 valence electrons. The number of aromatic nitrogens is 2. The number of rotatable bonds is 9. The Morgan fingerprint density at radius 1 is 0.828 bits per heavy atom. The van der Waals surface area contributed by atoms with Crippen LogP contribution in [0.2, 0.25) is 0 Å². The molecule has 58 heavy (non-hydrogen) atoms. The number of hydrogen-bond acceptors (Lipinski definition) is 11. The van der Waals surface area contributed by atoms with Crippen molar-refractivity contribution in [3.63, 3.8) is 0 Å². The fourth-order valence-electron chi connectivity index (χ4n) is 9.97. The van der Waals surface area contributed by atoms with Crippen LogP contribution in [0.4, 0.5) is 22.9 Å². The fraction of sp³-hybridized carbons (Fsp3) is 0.444. The summed E-state index contributed by atoms with van der Waals surface area (Å²) < 4.78 is 0. The molecule has 0 aliphatic carbocycles. The van der Waals surface area contributed by atoms with Gasteiger partial charge in [0, 0.05) is 74.1 Å². The summed E-state index contributed by atoms with van der Waals surface area (Å²) >= 11 is 0. The zero-order valence-electron chi connectivity index (χ0n) is 32.9. The molecule has 3 aromatic carbocycles. The van der Waals surface area contributed by atoms with E-state index in [1.807, 2.05) is 30.3 Å². The summed E-state index contributed by atoms with van der Waals surface area (Å²) in [6, 6.07) is 26.8. The summed E-state index contributed by atoms with van der Waals surface area (Å²) in [5.74, 6) is 0.915. The van der Waals surface area contributed by atoms with Gasteiger partial charge in [0.1, 0.15) is 11.8 Å². The number of nitrogen functional groups attached to an aromatic ring is 1. The Balaban J connectivity index is 0.747. The quantitative estimate of drug-likeness (QED) is 0.167. The molecular weight excluding hydrogens is 731 g/mol. The highest BCUT2D eigenvalue weighted by molar-refractivity contribution is 6.01. The molecule has 3 atom stereocenters. The van der Waals surface area contributed by atoms with Crippen LogP contribution in [0, 0.1) is 5.92 Å². The predicted molar refractivity (Wildman–Crippen MR) is 224 cm³/mol. The standard InChI is InChI=1S/C45H53N9O4/c46-43-40(25-39(49-50-43)37-6-1-2-7-41(37)55)53-27-35-12-13-36(28-53)54(35)34-5-3-4-29(24-34)26-51-20-16-32(17-21-51)45(58)52-22-18-31(19-23-52)30-8-10-33(11-9-30)47-38-14-15-42(56)48-44(38)57/h1-11,24-25,31-32,35-36,38,47,55H,12-23,26-28H2,(H2,46,50)(H,48,56,57). The molecule has 13 heteroatoms. The molecule has 0 spiro atoms. The zero-order chi connectivity index (χ0) is 39.8. The minimum atomic E-state index is -0.392. The molecule has 2 bridgehead atoms. The van der Waals surface area contributed by atoms with Crippen molar-refractivity contribution in [2.24, 2.45) is 5.92 Å². The van der Waals surface area contributed by atoms with Crippen LogP contribution in [-0.4, -0.2) is 100 Å². The van der Waals surface area contributed by atoms with Gasteiger partial charge in [-0.2, -0.15) is 0 Å². The van der Waals surface area contributed by atoms with E-state index in [9.17, 15) is 19.5 Å². The van der Waals surface area contributed by atoms with Crippen molar-refractivity contribution < 1.29 is 19.5 Å². The van der Waals surface area contributed by atoms with Crippen LogP contribution in [0.3, 0.4) is 0 Å². The number of carbonyl (C=O) groups is 3. The van der Waals surface area contributed by atoms with E-state index in [0.29, 0.717) is 53.8 Å². The van der Waals surface area contributed by atoms with E-state index in [2.05, 4.69) is 76.8 Å². The van der Waals surface area contributed by atoms with E-state index < -0.39 is 6.04 Å². The van der Waals surface area contributed by atoms with Gasteiger partial charge >= 0.3 is 0 Å². The van der Waals surface area contributed by atoms with Gasteiger partial charge in [0.25, 0.3) is 0 Å². The van der Waals surface area contributed by atoms with Crippen molar-refractivity contribution >= 4 is 40.6 Å². The van der Waals surface area contributed by atoms with Gasteiger partial charge < -0.3 is 30.9 Å². The molecule has 5 fully saturated rings. The molecule has 6 heterocycles. The summed E-state index contributed by atoms with van der Waals surface area (Å²) in [5, 5.41) is 24.7. The van der Waals surface area contributed by atoms with Crippen LogP contribution in [0.1, 0.15) is 68.4 Å². The largest absolute Gasteiger partial charge is 0.507 e. The number of para-hydroxylation sites is 1. The van der Waals surface area contributed by atoms with Gasteiger partial charge in [-0.1, -0.05) is 36.4 Å². The van der Waals surface area contributed by atoms with Gasteiger partial charge in [-0.25, -0.2) is 0 Å². The number of amides is 3. The molecule has 5 aliphatic heterocycles. The lowest BCUT2D eigenvalue weighted by Crippen LogP contribution is -2.54. The first-order valence-corrected chi connectivity index (χ1v) is 21.0. The number of hydrogen-bond donors (Lipinski definition) is 4. The Hall–Kier alpha value is -5.69. The Kier molecular flexibility index (Phi) is 10.6. The Labute approximate surface area is 339 Å². The van der Waals surface area contributed by atoms with Crippen molar-refractivity contribution in [3.05, 3.63) is 90.0 Å². The van der Waals surface area contributed by atoms with Crippen LogP contribution in [0.15, 0.2) is 78.9 Å². The minimum absolute atomic E-state index is 0.0859. The number of nitrogens with two attached hydrogens (primary N) is 1. The third-order valence-electron chi connectivity index (χ3n) is 13.1. The second-order valence-corrected chi connectivity index (χ2v) is 16.8. The van der Waals surface area contributed by atoms with E-state index in [1.165, 1.54) is 16.8 Å². The molecule has 3 amide bonds. The number of anilines is 4.